The SMILES string of the molecule is Cc1ccc(S(=O)(=O)N[C@H](C(=O)N2CCOCCN(C(=O)[C@H](NS(=O)(=O)c3ccc(C)cc3)c3ccccc3)CCOCC2)c2ccccc2)cc1. The molecule has 2 amide bonds. The molecule has 5 rings (SSSR count). The van der Waals surface area contributed by atoms with E-state index in [1.165, 1.54) is 34.1 Å². The third-order valence-electron chi connectivity index (χ3n) is 8.61. The molecule has 52 heavy (non-hydrogen) atoms. The lowest BCUT2D eigenvalue weighted by atomic mass is 10.1. The van der Waals surface area contributed by atoms with Crippen LogP contribution in [-0.4, -0.2) is 91.1 Å². The second-order valence-electron chi connectivity index (χ2n) is 12.4. The molecule has 0 saturated carbocycles. The van der Waals surface area contributed by atoms with E-state index >= 15 is 0 Å². The van der Waals surface area contributed by atoms with Crippen molar-refractivity contribution in [3.8, 4) is 0 Å². The van der Waals surface area contributed by atoms with Crippen molar-refractivity contribution >= 4 is 31.9 Å². The van der Waals surface area contributed by atoms with E-state index in [2.05, 4.69) is 9.44 Å². The van der Waals surface area contributed by atoms with Crippen LogP contribution in [0.25, 0.3) is 0 Å². The topological polar surface area (TPSA) is 151 Å². The van der Waals surface area contributed by atoms with Gasteiger partial charge in [-0.25, -0.2) is 16.8 Å². The molecule has 1 heterocycles. The van der Waals surface area contributed by atoms with Crippen LogP contribution in [0.2, 0.25) is 0 Å². The number of ether oxygens (including phenoxy) is 2. The molecule has 2 N–H and O–H groups in total. The van der Waals surface area contributed by atoms with E-state index in [1.54, 1.807) is 84.9 Å². The quantitative estimate of drug-likeness (QED) is 0.249. The number of nitrogens with zero attached hydrogens (tertiary/aromatic N) is 2. The minimum atomic E-state index is -4.06. The van der Waals surface area contributed by atoms with Gasteiger partial charge in [-0.05, 0) is 49.2 Å². The molecule has 0 aliphatic carbocycles. The lowest BCUT2D eigenvalue weighted by Gasteiger charge is -2.30. The summed E-state index contributed by atoms with van der Waals surface area (Å²) in [6.07, 6.45) is 0. The average molecular weight is 749 g/mol. The summed E-state index contributed by atoms with van der Waals surface area (Å²) in [5.41, 5.74) is 2.77. The molecule has 14 heteroatoms. The fourth-order valence-corrected chi connectivity index (χ4v) is 7.98. The van der Waals surface area contributed by atoms with Crippen molar-refractivity contribution in [1.29, 1.82) is 0 Å². The summed E-state index contributed by atoms with van der Waals surface area (Å²) < 4.78 is 70.6. The summed E-state index contributed by atoms with van der Waals surface area (Å²) >= 11 is 0. The van der Waals surface area contributed by atoms with Crippen LogP contribution in [0.15, 0.2) is 119 Å². The second-order valence-corrected chi connectivity index (χ2v) is 15.9. The van der Waals surface area contributed by atoms with Crippen molar-refractivity contribution in [1.82, 2.24) is 19.2 Å². The number of sulfonamides is 2. The summed E-state index contributed by atoms with van der Waals surface area (Å²) in [6.45, 7) is 4.65. The predicted octanol–water partition coefficient (Wildman–Crippen LogP) is 3.75. The third-order valence-corrected chi connectivity index (χ3v) is 11.5. The van der Waals surface area contributed by atoms with E-state index in [0.29, 0.717) is 11.1 Å². The largest absolute Gasteiger partial charge is 0.378 e. The Morgan fingerprint density at radius 1 is 0.519 bits per heavy atom. The lowest BCUT2D eigenvalue weighted by molar-refractivity contribution is -0.136. The number of rotatable bonds is 10. The van der Waals surface area contributed by atoms with E-state index in [4.69, 9.17) is 9.47 Å². The normalized spacial score (nSPS) is 16.3. The monoisotopic (exact) mass is 748 g/mol. The molecule has 2 atom stereocenters. The van der Waals surface area contributed by atoms with E-state index in [1.807, 2.05) is 13.8 Å². The first-order valence-corrected chi connectivity index (χ1v) is 19.9. The highest BCUT2D eigenvalue weighted by molar-refractivity contribution is 7.89. The van der Waals surface area contributed by atoms with Gasteiger partial charge in [-0.1, -0.05) is 96.1 Å². The molecule has 276 valence electrons. The first kappa shape index (κ1) is 38.8. The summed E-state index contributed by atoms with van der Waals surface area (Å²) in [5, 5.41) is 0. The van der Waals surface area contributed by atoms with Crippen molar-refractivity contribution < 1.29 is 35.9 Å². The minimum Gasteiger partial charge on any atom is -0.378 e. The van der Waals surface area contributed by atoms with Crippen LogP contribution < -0.4 is 9.44 Å². The number of carbonyl (C=O) groups is 2. The van der Waals surface area contributed by atoms with Gasteiger partial charge in [-0.15, -0.1) is 0 Å². The Hall–Kier alpha value is -4.44. The van der Waals surface area contributed by atoms with E-state index < -0.39 is 43.9 Å². The predicted molar refractivity (Wildman–Crippen MR) is 196 cm³/mol. The molecule has 0 aromatic heterocycles. The van der Waals surface area contributed by atoms with Crippen LogP contribution in [0.5, 0.6) is 0 Å². The molecule has 4 aromatic rings. The number of hydrogen-bond donors (Lipinski definition) is 2. The number of nitrogens with one attached hydrogen (secondary N) is 2. The lowest BCUT2D eigenvalue weighted by Crippen LogP contribution is -2.47. The highest BCUT2D eigenvalue weighted by Gasteiger charge is 2.33. The van der Waals surface area contributed by atoms with Crippen LogP contribution in [0.1, 0.15) is 34.3 Å². The molecule has 12 nitrogen and oxygen atoms in total. The van der Waals surface area contributed by atoms with Gasteiger partial charge in [0.05, 0.1) is 36.2 Å². The Bertz CT molecular complexity index is 1840. The maximum atomic E-state index is 14.0. The van der Waals surface area contributed by atoms with Crippen molar-refractivity contribution in [2.45, 2.75) is 35.7 Å². The van der Waals surface area contributed by atoms with Gasteiger partial charge in [0.25, 0.3) is 0 Å². The van der Waals surface area contributed by atoms with Crippen molar-refractivity contribution in [2.75, 3.05) is 52.6 Å². The Labute approximate surface area is 305 Å². The molecule has 4 aromatic carbocycles. The fourth-order valence-electron chi connectivity index (χ4n) is 5.63. The highest BCUT2D eigenvalue weighted by Crippen LogP contribution is 2.22. The molecule has 0 radical (unpaired) electrons. The zero-order chi connectivity index (χ0) is 37.1. The molecule has 1 fully saturated rings. The molecular formula is C38H44N4O8S2. The molecule has 0 unspecified atom stereocenters. The molecule has 1 saturated heterocycles. The molecule has 1 aliphatic heterocycles. The summed E-state index contributed by atoms with van der Waals surface area (Å²) in [4.78, 5) is 31.2. The van der Waals surface area contributed by atoms with Crippen LogP contribution in [-0.2, 0) is 39.1 Å². The number of aryl methyl sites for hydroxylation is 2. The molecule has 0 spiro atoms. The molecule has 1 aliphatic rings. The maximum absolute atomic E-state index is 14.0. The van der Waals surface area contributed by atoms with Crippen LogP contribution in [0, 0.1) is 13.8 Å². The third kappa shape index (κ3) is 10.3. The number of benzene rings is 4. The maximum Gasteiger partial charge on any atom is 0.245 e. The summed E-state index contributed by atoms with van der Waals surface area (Å²) in [6, 6.07) is 27.7. The first-order valence-electron chi connectivity index (χ1n) is 17.0. The average Bonchev–Trinajstić information content (AvgIpc) is 3.14. The van der Waals surface area contributed by atoms with Gasteiger partial charge >= 0.3 is 0 Å². The summed E-state index contributed by atoms with van der Waals surface area (Å²) in [5.74, 6) is -0.927. The van der Waals surface area contributed by atoms with Gasteiger partial charge in [0.15, 0.2) is 0 Å². The Kier molecular flexibility index (Phi) is 13.3. The summed E-state index contributed by atoms with van der Waals surface area (Å²) in [7, 11) is -8.12. The number of amides is 2. The Balaban J connectivity index is 1.28. The van der Waals surface area contributed by atoms with Crippen molar-refractivity contribution in [3.63, 3.8) is 0 Å². The van der Waals surface area contributed by atoms with Gasteiger partial charge in [-0.3, -0.25) is 9.59 Å². The van der Waals surface area contributed by atoms with Gasteiger partial charge in [-0.2, -0.15) is 9.44 Å². The van der Waals surface area contributed by atoms with Gasteiger partial charge in [0, 0.05) is 26.2 Å². The Morgan fingerprint density at radius 2 is 0.827 bits per heavy atom. The zero-order valence-corrected chi connectivity index (χ0v) is 30.8. The van der Waals surface area contributed by atoms with Gasteiger partial charge in [0.1, 0.15) is 12.1 Å². The van der Waals surface area contributed by atoms with Gasteiger partial charge in [0.2, 0.25) is 31.9 Å². The fraction of sp³-hybridized carbons (Fsp3) is 0.316. The zero-order valence-electron chi connectivity index (χ0n) is 29.2. The van der Waals surface area contributed by atoms with Crippen molar-refractivity contribution in [2.24, 2.45) is 0 Å². The van der Waals surface area contributed by atoms with Crippen molar-refractivity contribution in [3.05, 3.63) is 131 Å². The van der Waals surface area contributed by atoms with E-state index in [0.717, 1.165) is 11.1 Å². The van der Waals surface area contributed by atoms with E-state index in [-0.39, 0.29) is 62.4 Å². The highest BCUT2D eigenvalue weighted by atomic mass is 32.2. The van der Waals surface area contributed by atoms with E-state index in [9.17, 15) is 26.4 Å². The standard InChI is InChI=1S/C38H44N4O8S2/c1-29-13-17-33(18-14-29)51(45,46)39-35(31-9-5-3-6-10-31)37(43)41-21-25-49-27-23-42(24-28-50-26-22-41)38(44)36(32-11-7-4-8-12-32)40-52(47,48)34-19-15-30(2)16-20-34/h3-20,35-36,39-40H,21-28H2,1-2H3/t35-,36+. The smallest absolute Gasteiger partial charge is 0.245 e. The Morgan fingerprint density at radius 3 is 1.13 bits per heavy atom. The second kappa shape index (κ2) is 17.9. The van der Waals surface area contributed by atoms with Crippen LogP contribution in [0.3, 0.4) is 0 Å². The van der Waals surface area contributed by atoms with Crippen LogP contribution >= 0.6 is 0 Å². The molecule has 0 bridgehead atoms. The molecular weight excluding hydrogens is 705 g/mol. The first-order chi connectivity index (χ1) is 24.9. The minimum absolute atomic E-state index is 0.0451. The van der Waals surface area contributed by atoms with Crippen LogP contribution in [0.4, 0.5) is 0 Å². The number of carbonyl (C=O) groups excluding carboxylic acids is 2. The van der Waals surface area contributed by atoms with Gasteiger partial charge < -0.3 is 19.3 Å². The number of hydrogen-bond acceptors (Lipinski definition) is 8.